The zero-order valence-corrected chi connectivity index (χ0v) is 15.5. The predicted molar refractivity (Wildman–Crippen MR) is 98.2 cm³/mol. The molecular weight excluding hydrogens is 397 g/mol. The van der Waals surface area contributed by atoms with Gasteiger partial charge in [-0.15, -0.1) is 0 Å². The van der Waals surface area contributed by atoms with Crippen LogP contribution in [0.3, 0.4) is 0 Å². The molecule has 28 heavy (non-hydrogen) atoms. The number of nitrogens with zero attached hydrogens (tertiary/aromatic N) is 1. The number of carbonyl (C=O) groups is 1. The van der Waals surface area contributed by atoms with E-state index < -0.39 is 17.6 Å². The summed E-state index contributed by atoms with van der Waals surface area (Å²) in [6.45, 7) is 0. The Bertz CT molecular complexity index is 966. The lowest BCUT2D eigenvalue weighted by Gasteiger charge is -2.12. The second-order valence-corrected chi connectivity index (χ2v) is 5.83. The smallest absolute Gasteiger partial charge is 0.416 e. The molecule has 0 unspecified atom stereocenters. The summed E-state index contributed by atoms with van der Waals surface area (Å²) in [5, 5.41) is 11.4. The molecule has 0 aliphatic carbocycles. The van der Waals surface area contributed by atoms with Crippen molar-refractivity contribution in [3.05, 3.63) is 58.1 Å². The number of anilines is 1. The van der Waals surface area contributed by atoms with Crippen LogP contribution in [0.4, 0.5) is 18.9 Å². The second kappa shape index (κ2) is 8.67. The van der Waals surface area contributed by atoms with Gasteiger partial charge in [-0.05, 0) is 42.5 Å². The van der Waals surface area contributed by atoms with E-state index in [2.05, 4.69) is 5.32 Å². The second-order valence-electron chi connectivity index (χ2n) is 5.42. The lowest BCUT2D eigenvalue weighted by molar-refractivity contribution is -0.137. The number of rotatable bonds is 5. The first kappa shape index (κ1) is 21.1. The van der Waals surface area contributed by atoms with Crippen molar-refractivity contribution in [2.75, 3.05) is 19.5 Å². The highest BCUT2D eigenvalue weighted by Gasteiger charge is 2.31. The summed E-state index contributed by atoms with van der Waals surface area (Å²) in [7, 11) is 2.86. The Hall–Kier alpha value is -3.18. The van der Waals surface area contributed by atoms with Crippen molar-refractivity contribution in [2.24, 2.45) is 0 Å². The highest BCUT2D eigenvalue weighted by molar-refractivity contribution is 6.34. The molecule has 0 fully saturated rings. The molecule has 0 aliphatic heterocycles. The number of hydrogen-bond acceptors (Lipinski definition) is 4. The van der Waals surface area contributed by atoms with Gasteiger partial charge in [0.1, 0.15) is 23.1 Å². The van der Waals surface area contributed by atoms with E-state index >= 15 is 0 Å². The maximum Gasteiger partial charge on any atom is 0.416 e. The molecule has 0 aliphatic rings. The number of halogens is 4. The van der Waals surface area contributed by atoms with Crippen molar-refractivity contribution >= 4 is 29.3 Å². The number of methoxy groups -OCH3 is 2. The molecule has 0 bridgehead atoms. The van der Waals surface area contributed by atoms with Crippen molar-refractivity contribution in [2.45, 2.75) is 6.18 Å². The van der Waals surface area contributed by atoms with Gasteiger partial charge in [0.05, 0.1) is 30.5 Å². The van der Waals surface area contributed by atoms with Gasteiger partial charge >= 0.3 is 6.18 Å². The van der Waals surface area contributed by atoms with Gasteiger partial charge in [-0.2, -0.15) is 18.4 Å². The molecule has 5 nitrogen and oxygen atoms in total. The molecule has 9 heteroatoms. The van der Waals surface area contributed by atoms with Crippen LogP contribution in [0.2, 0.25) is 5.02 Å². The topological polar surface area (TPSA) is 71.3 Å². The molecular formula is C19H14ClF3N2O3. The van der Waals surface area contributed by atoms with E-state index in [1.54, 1.807) is 24.3 Å². The Kier molecular flexibility index (Phi) is 6.54. The van der Waals surface area contributed by atoms with Crippen molar-refractivity contribution in [3.8, 4) is 17.6 Å². The van der Waals surface area contributed by atoms with Crippen molar-refractivity contribution in [1.82, 2.24) is 0 Å². The van der Waals surface area contributed by atoms with Crippen molar-refractivity contribution in [1.29, 1.82) is 5.26 Å². The summed E-state index contributed by atoms with van der Waals surface area (Å²) in [6.07, 6.45) is -3.37. The summed E-state index contributed by atoms with van der Waals surface area (Å²) in [6, 6.07) is 8.97. The lowest BCUT2D eigenvalue weighted by Crippen LogP contribution is -2.15. The van der Waals surface area contributed by atoms with E-state index in [1.807, 2.05) is 0 Å². The van der Waals surface area contributed by atoms with Crippen LogP contribution >= 0.6 is 11.6 Å². The van der Waals surface area contributed by atoms with Crippen molar-refractivity contribution < 1.29 is 27.4 Å². The van der Waals surface area contributed by atoms with Gasteiger partial charge in [-0.1, -0.05) is 11.6 Å². The Morgan fingerprint density at radius 3 is 2.46 bits per heavy atom. The molecule has 2 rings (SSSR count). The normalized spacial score (nSPS) is 11.5. The van der Waals surface area contributed by atoms with Crippen LogP contribution in [-0.2, 0) is 11.0 Å². The van der Waals surface area contributed by atoms with Crippen LogP contribution in [0.1, 0.15) is 11.1 Å². The minimum absolute atomic E-state index is 0.0994. The van der Waals surface area contributed by atoms with E-state index in [0.29, 0.717) is 23.1 Å². The van der Waals surface area contributed by atoms with E-state index in [9.17, 15) is 23.2 Å². The van der Waals surface area contributed by atoms with Crippen LogP contribution in [0.15, 0.2) is 42.0 Å². The number of benzene rings is 2. The first-order valence-electron chi connectivity index (χ1n) is 7.71. The molecule has 1 N–H and O–H groups in total. The first-order chi connectivity index (χ1) is 13.2. The number of nitriles is 1. The van der Waals surface area contributed by atoms with E-state index in [-0.39, 0.29) is 16.3 Å². The molecule has 0 aromatic heterocycles. The zero-order chi connectivity index (χ0) is 20.9. The minimum Gasteiger partial charge on any atom is -0.497 e. The van der Waals surface area contributed by atoms with Crippen LogP contribution in [-0.4, -0.2) is 20.1 Å². The Labute approximate surface area is 163 Å². The summed E-state index contributed by atoms with van der Waals surface area (Å²) in [5.41, 5.74) is -1.23. The lowest BCUT2D eigenvalue weighted by atomic mass is 10.1. The molecule has 0 spiro atoms. The maximum absolute atomic E-state index is 12.9. The SMILES string of the molecule is COc1ccc(OC)c(/C=C(\C#N)C(=O)Nc2cc(C(F)(F)F)ccc2Cl)c1. The number of hydrogen-bond donors (Lipinski definition) is 1. The Balaban J connectivity index is 2.38. The van der Waals surface area contributed by atoms with Gasteiger partial charge in [0, 0.05) is 5.56 Å². The molecule has 0 heterocycles. The molecule has 0 saturated carbocycles. The number of nitrogens with one attached hydrogen (secondary N) is 1. The average Bonchev–Trinajstić information content (AvgIpc) is 2.66. The average molecular weight is 411 g/mol. The molecule has 2 aromatic rings. The third-order valence-electron chi connectivity index (χ3n) is 3.64. The highest BCUT2D eigenvalue weighted by Crippen LogP contribution is 2.34. The summed E-state index contributed by atoms with van der Waals surface area (Å²) in [4.78, 5) is 12.4. The Morgan fingerprint density at radius 1 is 1.18 bits per heavy atom. The fourth-order valence-corrected chi connectivity index (χ4v) is 2.41. The van der Waals surface area contributed by atoms with Gasteiger partial charge in [0.2, 0.25) is 0 Å². The van der Waals surface area contributed by atoms with E-state index in [0.717, 1.165) is 12.1 Å². The van der Waals surface area contributed by atoms with Crippen LogP contribution in [0.25, 0.3) is 6.08 Å². The van der Waals surface area contributed by atoms with Gasteiger partial charge in [-0.3, -0.25) is 4.79 Å². The minimum atomic E-state index is -4.61. The fourth-order valence-electron chi connectivity index (χ4n) is 2.24. The van der Waals surface area contributed by atoms with Gasteiger partial charge in [-0.25, -0.2) is 0 Å². The maximum atomic E-state index is 12.9. The quantitative estimate of drug-likeness (QED) is 0.561. The Morgan fingerprint density at radius 2 is 1.89 bits per heavy atom. The largest absolute Gasteiger partial charge is 0.497 e. The third-order valence-corrected chi connectivity index (χ3v) is 3.97. The molecule has 0 saturated heterocycles. The summed E-state index contributed by atoms with van der Waals surface area (Å²) < 4.78 is 48.8. The number of ether oxygens (including phenoxy) is 2. The predicted octanol–water partition coefficient (Wildman–Crippen LogP) is 4.92. The third kappa shape index (κ3) is 4.96. The molecule has 146 valence electrons. The van der Waals surface area contributed by atoms with Gasteiger partial charge < -0.3 is 14.8 Å². The van der Waals surface area contributed by atoms with Crippen LogP contribution in [0.5, 0.6) is 11.5 Å². The van der Waals surface area contributed by atoms with E-state index in [1.165, 1.54) is 20.3 Å². The van der Waals surface area contributed by atoms with Crippen molar-refractivity contribution in [3.63, 3.8) is 0 Å². The fraction of sp³-hybridized carbons (Fsp3) is 0.158. The first-order valence-corrected chi connectivity index (χ1v) is 8.09. The summed E-state index contributed by atoms with van der Waals surface area (Å²) in [5.74, 6) is -0.0854. The molecule has 0 radical (unpaired) electrons. The number of amides is 1. The van der Waals surface area contributed by atoms with Gasteiger partial charge in [0.15, 0.2) is 0 Å². The zero-order valence-electron chi connectivity index (χ0n) is 14.7. The number of alkyl halides is 3. The standard InChI is InChI=1S/C19H14ClF3N2O3/c1-27-14-4-6-17(28-2)11(8-14)7-12(10-24)18(26)25-16-9-13(19(21,22)23)3-5-15(16)20/h3-9H,1-2H3,(H,25,26)/b12-7+. The van der Waals surface area contributed by atoms with Gasteiger partial charge in [0.25, 0.3) is 5.91 Å². The van der Waals surface area contributed by atoms with E-state index in [4.69, 9.17) is 21.1 Å². The summed E-state index contributed by atoms with van der Waals surface area (Å²) >= 11 is 5.86. The van der Waals surface area contributed by atoms with Crippen LogP contribution < -0.4 is 14.8 Å². The molecule has 0 atom stereocenters. The highest BCUT2D eigenvalue weighted by atomic mass is 35.5. The monoisotopic (exact) mass is 410 g/mol. The number of carbonyl (C=O) groups excluding carboxylic acids is 1. The molecule has 1 amide bonds. The van der Waals surface area contributed by atoms with Crippen LogP contribution in [0, 0.1) is 11.3 Å². The molecule has 2 aromatic carbocycles.